The summed E-state index contributed by atoms with van der Waals surface area (Å²) < 4.78 is 0. The zero-order valence-corrected chi connectivity index (χ0v) is 14.5. The molecule has 2 fully saturated rings. The van der Waals surface area contributed by atoms with Crippen LogP contribution in [0.5, 0.6) is 0 Å². The van der Waals surface area contributed by atoms with Crippen molar-refractivity contribution in [3.8, 4) is 0 Å². The predicted octanol–water partition coefficient (Wildman–Crippen LogP) is 2.60. The highest BCUT2D eigenvalue weighted by molar-refractivity contribution is 5.76. The van der Waals surface area contributed by atoms with E-state index in [4.69, 9.17) is 5.73 Å². The molecule has 2 aliphatic rings. The fourth-order valence-corrected chi connectivity index (χ4v) is 3.84. The Hall–Kier alpha value is -1.62. The Balaban J connectivity index is 1.46. The van der Waals surface area contributed by atoms with Gasteiger partial charge in [0.2, 0.25) is 5.91 Å². The molecule has 24 heavy (non-hydrogen) atoms. The molecule has 5 heteroatoms. The van der Waals surface area contributed by atoms with Crippen LogP contribution in [0, 0.1) is 5.92 Å². The minimum absolute atomic E-state index is 0.106. The molecule has 1 aromatic heterocycles. The molecule has 1 amide bonds. The summed E-state index contributed by atoms with van der Waals surface area (Å²) in [4.78, 5) is 19.0. The zero-order chi connectivity index (χ0) is 16.8. The van der Waals surface area contributed by atoms with E-state index in [9.17, 15) is 4.79 Å². The zero-order valence-electron chi connectivity index (χ0n) is 14.5. The maximum atomic E-state index is 12.1. The van der Waals surface area contributed by atoms with E-state index in [0.29, 0.717) is 18.9 Å². The van der Waals surface area contributed by atoms with Crippen molar-refractivity contribution in [2.45, 2.75) is 64.0 Å². The van der Waals surface area contributed by atoms with E-state index in [1.165, 1.54) is 25.7 Å². The van der Waals surface area contributed by atoms with Crippen LogP contribution in [-0.4, -0.2) is 30.0 Å². The third-order valence-corrected chi connectivity index (χ3v) is 5.39. The highest BCUT2D eigenvalue weighted by Gasteiger charge is 2.25. The summed E-state index contributed by atoms with van der Waals surface area (Å²) in [5.74, 6) is 1.52. The molecule has 3 rings (SSSR count). The molecule has 1 aliphatic heterocycles. The van der Waals surface area contributed by atoms with Gasteiger partial charge < -0.3 is 16.0 Å². The first-order valence-corrected chi connectivity index (χ1v) is 9.44. The van der Waals surface area contributed by atoms with E-state index in [2.05, 4.69) is 27.3 Å². The van der Waals surface area contributed by atoms with Crippen molar-refractivity contribution in [1.82, 2.24) is 10.3 Å². The van der Waals surface area contributed by atoms with Crippen molar-refractivity contribution < 1.29 is 4.79 Å². The number of pyridine rings is 1. The summed E-state index contributed by atoms with van der Waals surface area (Å²) in [6.07, 6.45) is 10.9. The first kappa shape index (κ1) is 17.2. The van der Waals surface area contributed by atoms with Crippen LogP contribution in [0.4, 0.5) is 5.82 Å². The van der Waals surface area contributed by atoms with Crippen molar-refractivity contribution in [1.29, 1.82) is 0 Å². The molecule has 0 aromatic carbocycles. The number of rotatable bonds is 5. The molecule has 2 atom stereocenters. The largest absolute Gasteiger partial charge is 0.357 e. The van der Waals surface area contributed by atoms with Gasteiger partial charge in [-0.3, -0.25) is 4.79 Å². The lowest BCUT2D eigenvalue weighted by molar-refractivity contribution is -0.122. The number of carbonyl (C=O) groups is 1. The van der Waals surface area contributed by atoms with Crippen LogP contribution in [0.3, 0.4) is 0 Å². The highest BCUT2D eigenvalue weighted by atomic mass is 16.1. The second-order valence-electron chi connectivity index (χ2n) is 7.26. The second-order valence-corrected chi connectivity index (χ2v) is 7.26. The van der Waals surface area contributed by atoms with Crippen LogP contribution < -0.4 is 16.0 Å². The lowest BCUT2D eigenvalue weighted by Gasteiger charge is -2.21. The fourth-order valence-electron chi connectivity index (χ4n) is 3.84. The van der Waals surface area contributed by atoms with Crippen molar-refractivity contribution in [3.05, 3.63) is 23.9 Å². The molecule has 1 saturated carbocycles. The maximum Gasteiger partial charge on any atom is 0.220 e. The van der Waals surface area contributed by atoms with E-state index in [-0.39, 0.29) is 11.9 Å². The van der Waals surface area contributed by atoms with Crippen LogP contribution in [0.1, 0.15) is 56.9 Å². The number of anilines is 1. The third-order valence-electron chi connectivity index (χ3n) is 5.39. The van der Waals surface area contributed by atoms with Crippen molar-refractivity contribution in [3.63, 3.8) is 0 Å². The van der Waals surface area contributed by atoms with E-state index in [1.54, 1.807) is 0 Å². The van der Waals surface area contributed by atoms with Crippen molar-refractivity contribution >= 4 is 11.7 Å². The lowest BCUT2D eigenvalue weighted by Crippen LogP contribution is -2.31. The molecule has 5 nitrogen and oxygen atoms in total. The number of aromatic nitrogens is 1. The van der Waals surface area contributed by atoms with Gasteiger partial charge in [0.1, 0.15) is 5.82 Å². The van der Waals surface area contributed by atoms with Crippen LogP contribution in [0.15, 0.2) is 18.3 Å². The van der Waals surface area contributed by atoms with Crippen LogP contribution in [0.2, 0.25) is 0 Å². The van der Waals surface area contributed by atoms with Gasteiger partial charge in [0.25, 0.3) is 0 Å². The summed E-state index contributed by atoms with van der Waals surface area (Å²) in [6, 6.07) is 4.36. The van der Waals surface area contributed by atoms with E-state index < -0.39 is 0 Å². The monoisotopic (exact) mass is 330 g/mol. The van der Waals surface area contributed by atoms with Crippen molar-refractivity contribution in [2.75, 3.05) is 18.0 Å². The average Bonchev–Trinajstić information content (AvgIpc) is 2.85. The minimum Gasteiger partial charge on any atom is -0.357 e. The van der Waals surface area contributed by atoms with Gasteiger partial charge in [-0.2, -0.15) is 0 Å². The maximum absolute atomic E-state index is 12.1. The first-order chi connectivity index (χ1) is 11.7. The quantitative estimate of drug-likeness (QED) is 0.870. The number of nitrogens with two attached hydrogens (primary N) is 1. The standard InChI is InChI=1S/C19H30N4O/c20-17-7-5-6-16(17)12-19(24)22-14-15-8-9-18(21-13-15)23-10-3-1-2-4-11-23/h8-9,13,16-17H,1-7,10-12,14,20H2,(H,22,24)/t16-,17+/m0/s1. The second kappa shape index (κ2) is 8.47. The van der Waals surface area contributed by atoms with Gasteiger partial charge in [0.05, 0.1) is 0 Å². The molecule has 0 radical (unpaired) electrons. The molecule has 0 unspecified atom stereocenters. The van der Waals surface area contributed by atoms with Gasteiger partial charge in [-0.25, -0.2) is 4.98 Å². The number of carbonyl (C=O) groups excluding carboxylic acids is 1. The van der Waals surface area contributed by atoms with E-state index >= 15 is 0 Å². The molecule has 1 aromatic rings. The normalized spacial score (nSPS) is 24.6. The van der Waals surface area contributed by atoms with Crippen molar-refractivity contribution in [2.24, 2.45) is 11.7 Å². The summed E-state index contributed by atoms with van der Waals surface area (Å²) >= 11 is 0. The molecule has 1 saturated heterocycles. The third kappa shape index (κ3) is 4.69. The number of hydrogen-bond donors (Lipinski definition) is 2. The van der Waals surface area contributed by atoms with Gasteiger partial charge in [0.15, 0.2) is 0 Å². The number of hydrogen-bond acceptors (Lipinski definition) is 4. The van der Waals surface area contributed by atoms with Gasteiger partial charge in [-0.1, -0.05) is 25.3 Å². The lowest BCUT2D eigenvalue weighted by atomic mass is 10.00. The highest BCUT2D eigenvalue weighted by Crippen LogP contribution is 2.26. The average molecular weight is 330 g/mol. The summed E-state index contributed by atoms with van der Waals surface area (Å²) in [5, 5.41) is 3.01. The Morgan fingerprint density at radius 2 is 1.96 bits per heavy atom. The van der Waals surface area contributed by atoms with E-state index in [0.717, 1.165) is 43.7 Å². The molecular formula is C19H30N4O. The van der Waals surface area contributed by atoms with E-state index in [1.807, 2.05) is 6.20 Å². The number of nitrogens with zero attached hydrogens (tertiary/aromatic N) is 2. The number of nitrogens with one attached hydrogen (secondary N) is 1. The Labute approximate surface area is 145 Å². The number of amides is 1. The van der Waals surface area contributed by atoms with Crippen LogP contribution in [-0.2, 0) is 11.3 Å². The molecule has 1 aliphatic carbocycles. The Kier molecular flexibility index (Phi) is 6.07. The molecule has 0 bridgehead atoms. The van der Waals surface area contributed by atoms with Gasteiger partial charge in [-0.15, -0.1) is 0 Å². The first-order valence-electron chi connectivity index (χ1n) is 9.44. The van der Waals surface area contributed by atoms with Crippen LogP contribution in [0.25, 0.3) is 0 Å². The fraction of sp³-hybridized carbons (Fsp3) is 0.684. The van der Waals surface area contributed by atoms with Crippen LogP contribution >= 0.6 is 0 Å². The topological polar surface area (TPSA) is 71.2 Å². The Bertz CT molecular complexity index is 523. The van der Waals surface area contributed by atoms with Gasteiger partial charge >= 0.3 is 0 Å². The molecular weight excluding hydrogens is 300 g/mol. The Morgan fingerprint density at radius 3 is 2.58 bits per heavy atom. The summed E-state index contributed by atoms with van der Waals surface area (Å²) in [7, 11) is 0. The SMILES string of the molecule is N[C@@H]1CCC[C@H]1CC(=O)NCc1ccc(N2CCCCCC2)nc1. The molecule has 3 N–H and O–H groups in total. The Morgan fingerprint density at radius 1 is 1.17 bits per heavy atom. The summed E-state index contributed by atoms with van der Waals surface area (Å²) in [6.45, 7) is 2.75. The smallest absolute Gasteiger partial charge is 0.220 e. The van der Waals surface area contributed by atoms with Gasteiger partial charge in [-0.05, 0) is 43.2 Å². The minimum atomic E-state index is 0.106. The predicted molar refractivity (Wildman–Crippen MR) is 96.7 cm³/mol. The summed E-state index contributed by atoms with van der Waals surface area (Å²) in [5.41, 5.74) is 7.09. The molecule has 0 spiro atoms. The molecule has 132 valence electrons. The van der Waals surface area contributed by atoms with Gasteiger partial charge in [0, 0.05) is 38.3 Å². The molecule has 2 heterocycles.